The van der Waals surface area contributed by atoms with Crippen LogP contribution < -0.4 is 15.1 Å². The Balaban J connectivity index is 1.05. The Morgan fingerprint density at radius 2 is 1.52 bits per heavy atom. The van der Waals surface area contributed by atoms with Crippen LogP contribution in [0.25, 0.3) is 16.6 Å². The summed E-state index contributed by atoms with van der Waals surface area (Å²) in [5.41, 5.74) is 5.54. The Morgan fingerprint density at radius 3 is 2.23 bits per heavy atom. The van der Waals surface area contributed by atoms with Gasteiger partial charge in [-0.15, -0.1) is 0 Å². The number of aromatic nitrogens is 2. The summed E-state index contributed by atoms with van der Waals surface area (Å²) in [5, 5.41) is 3.02. The minimum Gasteiger partial charge on any atom is -0.416 e. The molecule has 0 saturated carbocycles. The van der Waals surface area contributed by atoms with Crippen LogP contribution in [0.2, 0.25) is 18.1 Å². The average molecular weight is 660 g/mol. The molecule has 9 heteroatoms. The average Bonchev–Trinajstić information content (AvgIpc) is 3.48. The number of ketones is 1. The van der Waals surface area contributed by atoms with Gasteiger partial charge in [0.1, 0.15) is 11.5 Å². The van der Waals surface area contributed by atoms with Crippen molar-refractivity contribution >= 4 is 42.7 Å². The van der Waals surface area contributed by atoms with Gasteiger partial charge in [0.25, 0.3) is 11.7 Å². The fourth-order valence-corrected chi connectivity index (χ4v) is 6.89. The first-order valence-electron chi connectivity index (χ1n) is 16.7. The van der Waals surface area contributed by atoms with Crippen LogP contribution in [0.5, 0.6) is 0 Å². The van der Waals surface area contributed by atoms with Crippen molar-refractivity contribution in [2.24, 2.45) is 0 Å². The molecule has 6 rings (SSSR count). The van der Waals surface area contributed by atoms with Crippen molar-refractivity contribution in [3.05, 3.63) is 115 Å². The molecule has 248 valence electrons. The van der Waals surface area contributed by atoms with E-state index >= 15 is 0 Å². The number of amides is 1. The number of nitrogens with zero attached hydrogens (tertiary/aromatic N) is 4. The fraction of sp³-hybridized carbons (Fsp3) is 0.308. The first kappa shape index (κ1) is 33.2. The summed E-state index contributed by atoms with van der Waals surface area (Å²) in [6, 6.07) is 31.3. The predicted molar refractivity (Wildman–Crippen MR) is 198 cm³/mol. The van der Waals surface area contributed by atoms with Crippen molar-refractivity contribution in [2.75, 3.05) is 47.9 Å². The molecule has 1 saturated heterocycles. The van der Waals surface area contributed by atoms with Gasteiger partial charge in [-0.25, -0.2) is 4.98 Å². The topological polar surface area (TPSA) is 79.2 Å². The van der Waals surface area contributed by atoms with Gasteiger partial charge in [-0.05, 0) is 78.3 Å². The Hall–Kier alpha value is -4.73. The molecular weight excluding hydrogens is 615 g/mol. The smallest absolute Gasteiger partial charge is 0.298 e. The maximum absolute atomic E-state index is 13.6. The second-order valence-corrected chi connectivity index (χ2v) is 18.7. The zero-order chi connectivity index (χ0) is 33.9. The van der Waals surface area contributed by atoms with Gasteiger partial charge in [-0.1, -0.05) is 63.2 Å². The molecule has 48 heavy (non-hydrogen) atoms. The van der Waals surface area contributed by atoms with E-state index in [-0.39, 0.29) is 5.04 Å². The molecular formula is C39H45N5O3Si. The Labute approximate surface area is 284 Å². The number of hydrogen-bond donors (Lipinski definition) is 1. The molecule has 0 bridgehead atoms. The third-order valence-corrected chi connectivity index (χ3v) is 14.2. The van der Waals surface area contributed by atoms with Crippen LogP contribution in [-0.4, -0.2) is 62.2 Å². The number of Topliss-reactive ketones (excluding diaryl/α,β-unsaturated/α-hetero) is 1. The molecule has 5 aromatic rings. The van der Waals surface area contributed by atoms with Gasteiger partial charge in [-0.2, -0.15) is 0 Å². The lowest BCUT2D eigenvalue weighted by atomic mass is 10.0. The van der Waals surface area contributed by atoms with Crippen LogP contribution in [0.3, 0.4) is 0 Å². The van der Waals surface area contributed by atoms with Crippen LogP contribution in [0.15, 0.2) is 103 Å². The highest BCUT2D eigenvalue weighted by molar-refractivity contribution is 6.74. The molecule has 3 aromatic heterocycles. The van der Waals surface area contributed by atoms with Crippen LogP contribution >= 0.6 is 0 Å². The lowest BCUT2D eigenvalue weighted by Gasteiger charge is -2.37. The van der Waals surface area contributed by atoms with Gasteiger partial charge < -0.3 is 23.9 Å². The van der Waals surface area contributed by atoms with Crippen molar-refractivity contribution < 1.29 is 14.0 Å². The second-order valence-electron chi connectivity index (χ2n) is 13.9. The van der Waals surface area contributed by atoms with E-state index in [4.69, 9.17) is 9.41 Å². The van der Waals surface area contributed by atoms with E-state index in [1.54, 1.807) is 4.40 Å². The lowest BCUT2D eigenvalue weighted by molar-refractivity contribution is -0.112. The minimum absolute atomic E-state index is 0.196. The number of anilines is 3. The summed E-state index contributed by atoms with van der Waals surface area (Å²) in [4.78, 5) is 36.5. The number of benzene rings is 2. The third-order valence-electron chi connectivity index (χ3n) is 9.70. The number of piperazine rings is 1. The molecule has 0 unspecified atom stereocenters. The van der Waals surface area contributed by atoms with Crippen LogP contribution in [0, 0.1) is 0 Å². The molecule has 8 nitrogen and oxygen atoms in total. The van der Waals surface area contributed by atoms with Crippen molar-refractivity contribution in [2.45, 2.75) is 45.3 Å². The van der Waals surface area contributed by atoms with E-state index in [2.05, 4.69) is 67.2 Å². The Kier molecular flexibility index (Phi) is 9.53. The number of carbonyl (C=O) groups is 2. The van der Waals surface area contributed by atoms with Gasteiger partial charge in [0.2, 0.25) is 0 Å². The van der Waals surface area contributed by atoms with E-state index in [1.807, 2.05) is 85.1 Å². The quantitative estimate of drug-likeness (QED) is 0.0940. The van der Waals surface area contributed by atoms with E-state index in [1.165, 1.54) is 0 Å². The molecule has 2 aromatic carbocycles. The number of hydrogen-bond acceptors (Lipinski definition) is 6. The van der Waals surface area contributed by atoms with Gasteiger partial charge in [0.15, 0.2) is 8.32 Å². The normalized spacial score (nSPS) is 13.9. The van der Waals surface area contributed by atoms with Gasteiger partial charge in [-0.3, -0.25) is 9.59 Å². The predicted octanol–water partition coefficient (Wildman–Crippen LogP) is 7.71. The molecule has 1 aliphatic heterocycles. The summed E-state index contributed by atoms with van der Waals surface area (Å²) >= 11 is 0. The number of nitrogens with one attached hydrogen (secondary N) is 1. The minimum atomic E-state index is -1.78. The molecule has 0 radical (unpaired) electrons. The molecule has 1 amide bonds. The zero-order valence-electron chi connectivity index (χ0n) is 28.6. The number of pyridine rings is 2. The Bertz CT molecular complexity index is 1890. The number of fused-ring (bicyclic) bond motifs is 1. The monoisotopic (exact) mass is 659 g/mol. The highest BCUT2D eigenvalue weighted by Gasteiger charge is 2.37. The zero-order valence-corrected chi connectivity index (χ0v) is 29.6. The largest absolute Gasteiger partial charge is 0.416 e. The summed E-state index contributed by atoms with van der Waals surface area (Å²) in [7, 11) is -1.78. The molecule has 0 atom stereocenters. The van der Waals surface area contributed by atoms with Gasteiger partial charge in [0.05, 0.1) is 0 Å². The summed E-state index contributed by atoms with van der Waals surface area (Å²) in [5.74, 6) is -0.242. The molecule has 4 heterocycles. The summed E-state index contributed by atoms with van der Waals surface area (Å²) < 4.78 is 8.16. The summed E-state index contributed by atoms with van der Waals surface area (Å²) in [6.45, 7) is 15.5. The van der Waals surface area contributed by atoms with E-state index < -0.39 is 20.0 Å². The first-order chi connectivity index (χ1) is 23.0. The molecule has 1 aliphatic rings. The van der Waals surface area contributed by atoms with Crippen LogP contribution in [0.4, 0.5) is 17.2 Å². The molecule has 1 N–H and O–H groups in total. The number of rotatable bonds is 10. The van der Waals surface area contributed by atoms with Crippen LogP contribution in [-0.2, 0) is 15.6 Å². The second kappa shape index (κ2) is 13.8. The number of carbonyl (C=O) groups excluding carboxylic acids is 2. The van der Waals surface area contributed by atoms with E-state index in [9.17, 15) is 9.59 Å². The van der Waals surface area contributed by atoms with Crippen molar-refractivity contribution in [3.8, 4) is 11.1 Å². The first-order valence-corrected chi connectivity index (χ1v) is 19.6. The van der Waals surface area contributed by atoms with Crippen molar-refractivity contribution in [1.82, 2.24) is 9.38 Å². The molecule has 0 aliphatic carbocycles. The third kappa shape index (κ3) is 7.22. The lowest BCUT2D eigenvalue weighted by Crippen LogP contribution is -2.46. The van der Waals surface area contributed by atoms with Gasteiger partial charge >= 0.3 is 0 Å². The highest BCUT2D eigenvalue weighted by Crippen LogP contribution is 2.36. The fourth-order valence-electron chi connectivity index (χ4n) is 5.85. The SMILES string of the molecule is CC(C)(C)[Si](C)(C)OCCc1cccc(N2CCN(c3ccc(NC(=O)C(=O)c4c(-c5ccccc5)cc5ccccn45)cc3)CC2)n1. The molecule has 1 fully saturated rings. The standard InChI is InChI=1S/C39H45N5O3Si/c1-39(2,3)48(4,5)47-27-21-30-14-11-16-35(40-30)43-25-23-42(24-26-43)32-19-17-31(18-20-32)41-38(46)37(45)36-34(29-12-7-6-8-13-29)28-33-15-9-10-22-44(33)36/h6-20,22,28H,21,23-27H2,1-5H3,(H,41,46). The maximum atomic E-state index is 13.6. The van der Waals surface area contributed by atoms with Crippen molar-refractivity contribution in [3.63, 3.8) is 0 Å². The summed E-state index contributed by atoms with van der Waals surface area (Å²) in [6.07, 6.45) is 2.63. The Morgan fingerprint density at radius 1 is 0.833 bits per heavy atom. The molecule has 0 spiro atoms. The van der Waals surface area contributed by atoms with E-state index in [0.717, 1.165) is 66.4 Å². The van der Waals surface area contributed by atoms with Gasteiger partial charge in [0, 0.05) is 73.6 Å². The van der Waals surface area contributed by atoms with Crippen molar-refractivity contribution in [1.29, 1.82) is 0 Å². The highest BCUT2D eigenvalue weighted by atomic mass is 28.4. The maximum Gasteiger partial charge on any atom is 0.298 e. The van der Waals surface area contributed by atoms with Crippen LogP contribution in [0.1, 0.15) is 37.0 Å². The van der Waals surface area contributed by atoms with E-state index in [0.29, 0.717) is 18.0 Å².